The molecular weight excluding hydrogens is 304 g/mol. The van der Waals surface area contributed by atoms with Crippen LogP contribution in [0.15, 0.2) is 21.6 Å². The molecule has 0 amide bonds. The zero-order valence-electron chi connectivity index (χ0n) is 10.8. The minimum absolute atomic E-state index is 0.281. The highest BCUT2D eigenvalue weighted by molar-refractivity contribution is 9.10. The summed E-state index contributed by atoms with van der Waals surface area (Å²) in [6.07, 6.45) is 0. The molecule has 0 saturated carbocycles. The standard InChI is InChI=1S/C12H16BrF2N3/c1-17(2)12(18(3)4)16-7-8-5-10(14)11(15)6-9(8)13/h5-6H,7H2,1-4H3. The lowest BCUT2D eigenvalue weighted by Gasteiger charge is -2.22. The van der Waals surface area contributed by atoms with Gasteiger partial charge in [-0.15, -0.1) is 0 Å². The van der Waals surface area contributed by atoms with Gasteiger partial charge in [0.05, 0.1) is 6.54 Å². The summed E-state index contributed by atoms with van der Waals surface area (Å²) >= 11 is 3.20. The number of nitrogens with zero attached hydrogens (tertiary/aromatic N) is 3. The van der Waals surface area contributed by atoms with E-state index in [2.05, 4.69) is 20.9 Å². The van der Waals surface area contributed by atoms with Gasteiger partial charge in [-0.3, -0.25) is 0 Å². The molecule has 0 aliphatic heterocycles. The van der Waals surface area contributed by atoms with Crippen LogP contribution in [0.4, 0.5) is 8.78 Å². The van der Waals surface area contributed by atoms with Crippen LogP contribution in [0.2, 0.25) is 0 Å². The van der Waals surface area contributed by atoms with E-state index in [-0.39, 0.29) is 6.54 Å². The van der Waals surface area contributed by atoms with Gasteiger partial charge in [0.25, 0.3) is 0 Å². The van der Waals surface area contributed by atoms with Gasteiger partial charge in [0.2, 0.25) is 0 Å². The van der Waals surface area contributed by atoms with Crippen molar-refractivity contribution < 1.29 is 8.78 Å². The Bertz CT molecular complexity index is 449. The number of hydrogen-bond donors (Lipinski definition) is 0. The van der Waals surface area contributed by atoms with Gasteiger partial charge in [-0.1, -0.05) is 15.9 Å². The molecule has 0 heterocycles. The van der Waals surface area contributed by atoms with E-state index in [0.717, 1.165) is 18.1 Å². The first kappa shape index (κ1) is 14.9. The Morgan fingerprint density at radius 2 is 1.61 bits per heavy atom. The number of halogens is 3. The average Bonchev–Trinajstić information content (AvgIpc) is 2.24. The van der Waals surface area contributed by atoms with Crippen molar-refractivity contribution in [1.82, 2.24) is 9.80 Å². The summed E-state index contributed by atoms with van der Waals surface area (Å²) in [5, 5.41) is 0. The van der Waals surface area contributed by atoms with Crippen LogP contribution in [0.25, 0.3) is 0 Å². The first-order valence-corrected chi connectivity index (χ1v) is 6.14. The Morgan fingerprint density at radius 1 is 1.11 bits per heavy atom. The maximum atomic E-state index is 13.1. The van der Waals surface area contributed by atoms with Gasteiger partial charge in [-0.05, 0) is 17.7 Å². The molecule has 0 saturated heterocycles. The van der Waals surface area contributed by atoms with Crippen molar-refractivity contribution in [1.29, 1.82) is 0 Å². The Balaban J connectivity index is 2.98. The second kappa shape index (κ2) is 6.13. The molecule has 0 aliphatic carbocycles. The van der Waals surface area contributed by atoms with Gasteiger partial charge >= 0.3 is 0 Å². The van der Waals surface area contributed by atoms with Crippen molar-refractivity contribution >= 4 is 21.9 Å². The molecule has 100 valence electrons. The van der Waals surface area contributed by atoms with E-state index in [1.807, 2.05) is 38.0 Å². The van der Waals surface area contributed by atoms with Crippen LogP contribution < -0.4 is 0 Å². The van der Waals surface area contributed by atoms with Gasteiger partial charge in [-0.2, -0.15) is 0 Å². The SMILES string of the molecule is CN(C)C(=NCc1cc(F)c(F)cc1Br)N(C)C. The molecule has 18 heavy (non-hydrogen) atoms. The quantitative estimate of drug-likeness (QED) is 0.474. The summed E-state index contributed by atoms with van der Waals surface area (Å²) in [6, 6.07) is 2.27. The van der Waals surface area contributed by atoms with Crippen molar-refractivity contribution in [2.45, 2.75) is 6.54 Å². The number of aliphatic imine (C=N–C) groups is 1. The van der Waals surface area contributed by atoms with Crippen LogP contribution in [0.5, 0.6) is 0 Å². The molecule has 0 N–H and O–H groups in total. The molecule has 3 nitrogen and oxygen atoms in total. The fourth-order valence-electron chi connectivity index (χ4n) is 1.52. The molecule has 0 radical (unpaired) electrons. The van der Waals surface area contributed by atoms with Crippen molar-refractivity contribution in [2.24, 2.45) is 4.99 Å². The third-order valence-electron chi connectivity index (χ3n) is 2.28. The van der Waals surface area contributed by atoms with Crippen LogP contribution in [0.3, 0.4) is 0 Å². The second-order valence-corrected chi connectivity index (χ2v) is 5.12. The highest BCUT2D eigenvalue weighted by Gasteiger charge is 2.09. The van der Waals surface area contributed by atoms with Crippen LogP contribution in [0.1, 0.15) is 5.56 Å². The van der Waals surface area contributed by atoms with E-state index >= 15 is 0 Å². The van der Waals surface area contributed by atoms with Crippen LogP contribution in [0, 0.1) is 11.6 Å². The van der Waals surface area contributed by atoms with Gasteiger partial charge < -0.3 is 9.80 Å². The molecule has 0 atom stereocenters. The normalized spacial score (nSPS) is 10.2. The molecule has 0 spiro atoms. The second-order valence-electron chi connectivity index (χ2n) is 4.26. The fraction of sp³-hybridized carbons (Fsp3) is 0.417. The number of rotatable bonds is 2. The molecule has 1 aromatic carbocycles. The highest BCUT2D eigenvalue weighted by Crippen LogP contribution is 2.21. The van der Waals surface area contributed by atoms with E-state index in [4.69, 9.17) is 0 Å². The summed E-state index contributed by atoms with van der Waals surface area (Å²) in [4.78, 5) is 8.08. The van der Waals surface area contributed by atoms with Gasteiger partial charge in [0, 0.05) is 32.7 Å². The van der Waals surface area contributed by atoms with Crippen LogP contribution in [-0.2, 0) is 6.54 Å². The molecule has 0 aliphatic rings. The van der Waals surface area contributed by atoms with E-state index in [1.54, 1.807) is 0 Å². The molecule has 0 unspecified atom stereocenters. The summed E-state index contributed by atoms with van der Waals surface area (Å²) < 4.78 is 26.6. The summed E-state index contributed by atoms with van der Waals surface area (Å²) in [7, 11) is 7.50. The average molecular weight is 320 g/mol. The minimum atomic E-state index is -0.866. The summed E-state index contributed by atoms with van der Waals surface area (Å²) in [5.41, 5.74) is 0.607. The number of benzene rings is 1. The minimum Gasteiger partial charge on any atom is -0.349 e. The number of hydrogen-bond acceptors (Lipinski definition) is 1. The predicted octanol–water partition coefficient (Wildman–Crippen LogP) is 2.71. The Morgan fingerprint density at radius 3 is 2.11 bits per heavy atom. The molecular formula is C12H16BrF2N3. The summed E-state index contributed by atoms with van der Waals surface area (Å²) in [5.74, 6) is -0.971. The smallest absolute Gasteiger partial charge is 0.195 e. The molecule has 0 aromatic heterocycles. The fourth-order valence-corrected chi connectivity index (χ4v) is 1.96. The third-order valence-corrected chi connectivity index (χ3v) is 3.02. The van der Waals surface area contributed by atoms with Gasteiger partial charge in [-0.25, -0.2) is 13.8 Å². The first-order valence-electron chi connectivity index (χ1n) is 5.35. The van der Waals surface area contributed by atoms with Crippen LogP contribution in [-0.4, -0.2) is 44.0 Å². The predicted molar refractivity (Wildman–Crippen MR) is 72.6 cm³/mol. The molecule has 6 heteroatoms. The highest BCUT2D eigenvalue weighted by atomic mass is 79.9. The molecule has 1 aromatic rings. The monoisotopic (exact) mass is 319 g/mol. The first-order chi connectivity index (χ1) is 8.32. The lowest BCUT2D eigenvalue weighted by atomic mass is 10.2. The largest absolute Gasteiger partial charge is 0.349 e. The van der Waals surface area contributed by atoms with Gasteiger partial charge in [0.1, 0.15) is 0 Å². The maximum Gasteiger partial charge on any atom is 0.195 e. The maximum absolute atomic E-state index is 13.1. The Hall–Kier alpha value is -1.17. The molecule has 0 fully saturated rings. The van der Waals surface area contributed by atoms with Crippen molar-refractivity contribution in [3.8, 4) is 0 Å². The van der Waals surface area contributed by atoms with Gasteiger partial charge in [0.15, 0.2) is 17.6 Å². The third kappa shape index (κ3) is 3.66. The lowest BCUT2D eigenvalue weighted by Crippen LogP contribution is -2.35. The van der Waals surface area contributed by atoms with Crippen LogP contribution >= 0.6 is 15.9 Å². The molecule has 1 rings (SSSR count). The van der Waals surface area contributed by atoms with Crippen molar-refractivity contribution in [3.05, 3.63) is 33.8 Å². The van der Waals surface area contributed by atoms with E-state index in [9.17, 15) is 8.78 Å². The van der Waals surface area contributed by atoms with E-state index in [1.165, 1.54) is 0 Å². The van der Waals surface area contributed by atoms with E-state index in [0.29, 0.717) is 10.0 Å². The molecule has 0 bridgehead atoms. The van der Waals surface area contributed by atoms with Crippen molar-refractivity contribution in [3.63, 3.8) is 0 Å². The zero-order chi connectivity index (χ0) is 13.9. The number of guanidine groups is 1. The Labute approximate surface area is 114 Å². The Kier molecular flexibility index (Phi) is 5.07. The lowest BCUT2D eigenvalue weighted by molar-refractivity contribution is 0.478. The van der Waals surface area contributed by atoms with E-state index < -0.39 is 11.6 Å². The topological polar surface area (TPSA) is 18.8 Å². The summed E-state index contributed by atoms with van der Waals surface area (Å²) in [6.45, 7) is 0.281. The van der Waals surface area contributed by atoms with Crippen molar-refractivity contribution in [2.75, 3.05) is 28.2 Å². The zero-order valence-corrected chi connectivity index (χ0v) is 12.4.